The average Bonchev–Trinajstić information content (AvgIpc) is 3.00. The normalized spacial score (nSPS) is 10.7. The fourth-order valence-electron chi connectivity index (χ4n) is 2.60. The summed E-state index contributed by atoms with van der Waals surface area (Å²) in [6, 6.07) is 9.23. The third-order valence-electron chi connectivity index (χ3n) is 3.68. The van der Waals surface area contributed by atoms with E-state index in [4.69, 9.17) is 11.6 Å². The zero-order valence-electron chi connectivity index (χ0n) is 13.7. The van der Waals surface area contributed by atoms with Crippen molar-refractivity contribution < 1.29 is 4.79 Å². The van der Waals surface area contributed by atoms with Crippen LogP contribution in [0.5, 0.6) is 0 Å². The maximum atomic E-state index is 12.5. The Labute approximate surface area is 145 Å². The van der Waals surface area contributed by atoms with E-state index in [2.05, 4.69) is 15.4 Å². The molecule has 0 fully saturated rings. The molecule has 3 rings (SSSR count). The molecule has 1 N–H and O–H groups in total. The van der Waals surface area contributed by atoms with E-state index < -0.39 is 0 Å². The number of anilines is 1. The third-order valence-corrected chi connectivity index (χ3v) is 3.92. The summed E-state index contributed by atoms with van der Waals surface area (Å²) in [4.78, 5) is 16.9. The second-order valence-electron chi connectivity index (χ2n) is 5.65. The van der Waals surface area contributed by atoms with Crippen LogP contribution in [0.2, 0.25) is 5.02 Å². The van der Waals surface area contributed by atoms with E-state index in [1.54, 1.807) is 23.0 Å². The number of aromatic nitrogens is 3. The van der Waals surface area contributed by atoms with Gasteiger partial charge in [0.15, 0.2) is 0 Å². The highest BCUT2D eigenvalue weighted by molar-refractivity contribution is 6.30. The van der Waals surface area contributed by atoms with Crippen molar-refractivity contribution >= 4 is 23.2 Å². The number of carbonyl (C=O) groups excluding carboxylic acids is 1. The molecule has 2 heterocycles. The number of hydrogen-bond acceptors (Lipinski definition) is 3. The maximum absolute atomic E-state index is 12.5. The van der Waals surface area contributed by atoms with Crippen LogP contribution in [-0.4, -0.2) is 20.7 Å². The minimum absolute atomic E-state index is 0.222. The summed E-state index contributed by atoms with van der Waals surface area (Å²) < 4.78 is 1.62. The van der Waals surface area contributed by atoms with Crippen molar-refractivity contribution in [1.82, 2.24) is 14.8 Å². The summed E-state index contributed by atoms with van der Waals surface area (Å²) in [6.45, 7) is 5.76. The number of benzene rings is 1. The summed E-state index contributed by atoms with van der Waals surface area (Å²) in [6.07, 6.45) is 3.20. The van der Waals surface area contributed by atoms with Gasteiger partial charge in [0.25, 0.3) is 5.91 Å². The molecule has 1 aromatic carbocycles. The zero-order chi connectivity index (χ0) is 17.3. The fraction of sp³-hybridized carbons (Fsp3) is 0.167. The molecule has 1 amide bonds. The van der Waals surface area contributed by atoms with Crippen LogP contribution in [-0.2, 0) is 0 Å². The van der Waals surface area contributed by atoms with Crippen LogP contribution in [0.4, 0.5) is 5.69 Å². The van der Waals surface area contributed by atoms with Gasteiger partial charge >= 0.3 is 0 Å². The standard InChI is InChI=1S/C18H17ClN4O/c1-11-7-12(2)21-13(3)17(11)22-18(24)14-9-20-23(10-14)16-6-4-5-15(19)8-16/h4-10H,1-3H3,(H,22,24). The quantitative estimate of drug-likeness (QED) is 0.781. The van der Waals surface area contributed by atoms with E-state index in [9.17, 15) is 4.79 Å². The van der Waals surface area contributed by atoms with E-state index in [-0.39, 0.29) is 5.91 Å². The Morgan fingerprint density at radius 2 is 2.00 bits per heavy atom. The molecule has 0 spiro atoms. The van der Waals surface area contributed by atoms with Gasteiger partial charge in [-0.15, -0.1) is 0 Å². The Bertz CT molecular complexity index is 894. The Morgan fingerprint density at radius 3 is 2.71 bits per heavy atom. The van der Waals surface area contributed by atoms with E-state index in [1.807, 2.05) is 39.0 Å². The second kappa shape index (κ2) is 6.45. The molecule has 122 valence electrons. The first kappa shape index (κ1) is 16.2. The molecule has 0 atom stereocenters. The third kappa shape index (κ3) is 3.31. The van der Waals surface area contributed by atoms with Crippen molar-refractivity contribution in [3.05, 3.63) is 70.3 Å². The molecule has 3 aromatic rings. The maximum Gasteiger partial charge on any atom is 0.258 e. The average molecular weight is 341 g/mol. The number of nitrogens with zero attached hydrogens (tertiary/aromatic N) is 3. The number of nitrogens with one attached hydrogen (secondary N) is 1. The van der Waals surface area contributed by atoms with Crippen LogP contribution >= 0.6 is 11.6 Å². The predicted octanol–water partition coefficient (Wildman–Crippen LogP) is 4.10. The number of pyridine rings is 1. The largest absolute Gasteiger partial charge is 0.320 e. The molecule has 5 nitrogen and oxygen atoms in total. The van der Waals surface area contributed by atoms with Crippen molar-refractivity contribution in [1.29, 1.82) is 0 Å². The van der Waals surface area contributed by atoms with Gasteiger partial charge in [0.1, 0.15) is 0 Å². The van der Waals surface area contributed by atoms with Gasteiger partial charge in [0.05, 0.1) is 28.8 Å². The molecule has 6 heteroatoms. The van der Waals surface area contributed by atoms with Crippen LogP contribution in [0.3, 0.4) is 0 Å². The van der Waals surface area contributed by atoms with Gasteiger partial charge in [0, 0.05) is 16.9 Å². The Kier molecular flexibility index (Phi) is 4.36. The highest BCUT2D eigenvalue weighted by atomic mass is 35.5. The molecule has 24 heavy (non-hydrogen) atoms. The molecular formula is C18H17ClN4O. The van der Waals surface area contributed by atoms with Crippen molar-refractivity contribution in [3.8, 4) is 5.69 Å². The molecule has 0 aliphatic rings. The number of halogens is 1. The molecule has 0 aliphatic carbocycles. The summed E-state index contributed by atoms with van der Waals surface area (Å²) >= 11 is 5.99. The molecule has 0 bridgehead atoms. The number of amides is 1. The number of carbonyl (C=O) groups is 1. The Morgan fingerprint density at radius 1 is 1.21 bits per heavy atom. The van der Waals surface area contributed by atoms with Crippen LogP contribution < -0.4 is 5.32 Å². The Balaban J connectivity index is 1.85. The van der Waals surface area contributed by atoms with Gasteiger partial charge in [-0.05, 0) is 50.6 Å². The lowest BCUT2D eigenvalue weighted by Gasteiger charge is -2.11. The van der Waals surface area contributed by atoms with Gasteiger partial charge in [-0.2, -0.15) is 5.10 Å². The predicted molar refractivity (Wildman–Crippen MR) is 95.0 cm³/mol. The molecule has 0 saturated carbocycles. The monoisotopic (exact) mass is 340 g/mol. The van der Waals surface area contributed by atoms with Crippen molar-refractivity contribution in [2.45, 2.75) is 20.8 Å². The van der Waals surface area contributed by atoms with Crippen LogP contribution in [0.1, 0.15) is 27.3 Å². The second-order valence-corrected chi connectivity index (χ2v) is 6.08. The van der Waals surface area contributed by atoms with Crippen LogP contribution in [0.15, 0.2) is 42.7 Å². The van der Waals surface area contributed by atoms with Crippen LogP contribution in [0, 0.1) is 20.8 Å². The van der Waals surface area contributed by atoms with Gasteiger partial charge < -0.3 is 5.32 Å². The van der Waals surface area contributed by atoms with Gasteiger partial charge in [-0.3, -0.25) is 9.78 Å². The van der Waals surface area contributed by atoms with E-state index in [0.717, 1.165) is 28.3 Å². The number of rotatable bonds is 3. The Hall–Kier alpha value is -2.66. The molecule has 0 unspecified atom stereocenters. The van der Waals surface area contributed by atoms with Crippen molar-refractivity contribution in [2.75, 3.05) is 5.32 Å². The molecule has 0 saturated heterocycles. The molecular weight excluding hydrogens is 324 g/mol. The summed E-state index contributed by atoms with van der Waals surface area (Å²) in [5.41, 5.74) is 4.71. The molecule has 2 aromatic heterocycles. The highest BCUT2D eigenvalue weighted by Gasteiger charge is 2.13. The van der Waals surface area contributed by atoms with Crippen molar-refractivity contribution in [2.24, 2.45) is 0 Å². The lowest BCUT2D eigenvalue weighted by atomic mass is 10.1. The first-order valence-electron chi connectivity index (χ1n) is 7.51. The number of hydrogen-bond donors (Lipinski definition) is 1. The minimum Gasteiger partial charge on any atom is -0.320 e. The lowest BCUT2D eigenvalue weighted by Crippen LogP contribution is -2.14. The molecule has 0 radical (unpaired) electrons. The molecule has 0 aliphatic heterocycles. The minimum atomic E-state index is -0.222. The lowest BCUT2D eigenvalue weighted by molar-refractivity contribution is 0.102. The highest BCUT2D eigenvalue weighted by Crippen LogP contribution is 2.20. The van der Waals surface area contributed by atoms with E-state index in [1.165, 1.54) is 6.20 Å². The summed E-state index contributed by atoms with van der Waals surface area (Å²) in [5, 5.41) is 7.76. The van der Waals surface area contributed by atoms with Gasteiger partial charge in [0.2, 0.25) is 0 Å². The smallest absolute Gasteiger partial charge is 0.258 e. The van der Waals surface area contributed by atoms with Gasteiger partial charge in [-0.25, -0.2) is 4.68 Å². The zero-order valence-corrected chi connectivity index (χ0v) is 14.4. The first-order chi connectivity index (χ1) is 11.4. The van der Waals surface area contributed by atoms with Crippen LogP contribution in [0.25, 0.3) is 5.69 Å². The van der Waals surface area contributed by atoms with E-state index in [0.29, 0.717) is 10.6 Å². The SMILES string of the molecule is Cc1cc(C)c(NC(=O)c2cnn(-c3cccc(Cl)c3)c2)c(C)n1. The summed E-state index contributed by atoms with van der Waals surface area (Å²) in [7, 11) is 0. The van der Waals surface area contributed by atoms with E-state index >= 15 is 0 Å². The number of aryl methyl sites for hydroxylation is 3. The van der Waals surface area contributed by atoms with Gasteiger partial charge in [-0.1, -0.05) is 17.7 Å². The summed E-state index contributed by atoms with van der Waals surface area (Å²) in [5.74, 6) is -0.222. The van der Waals surface area contributed by atoms with Crippen molar-refractivity contribution in [3.63, 3.8) is 0 Å². The fourth-order valence-corrected chi connectivity index (χ4v) is 2.78. The first-order valence-corrected chi connectivity index (χ1v) is 7.88. The topological polar surface area (TPSA) is 59.8 Å².